The van der Waals surface area contributed by atoms with Crippen molar-refractivity contribution in [3.05, 3.63) is 24.3 Å². The van der Waals surface area contributed by atoms with Gasteiger partial charge in [0.1, 0.15) is 6.10 Å². The summed E-state index contributed by atoms with van der Waals surface area (Å²) in [6.45, 7) is -0.385. The summed E-state index contributed by atoms with van der Waals surface area (Å²) < 4.78 is 0. The summed E-state index contributed by atoms with van der Waals surface area (Å²) in [5.74, 6) is 23.9. The van der Waals surface area contributed by atoms with Gasteiger partial charge in [0.05, 0.1) is 12.7 Å². The molecular weight excluding hydrogens is 324 g/mol. The molecule has 0 aliphatic carbocycles. The minimum atomic E-state index is -1.03. The van der Waals surface area contributed by atoms with Crippen LogP contribution in [-0.2, 0) is 0 Å². The van der Waals surface area contributed by atoms with E-state index in [2.05, 4.69) is 53.3 Å². The quantitative estimate of drug-likeness (QED) is 0.463. The van der Waals surface area contributed by atoms with Crippen LogP contribution >= 0.6 is 0 Å². The zero-order valence-corrected chi connectivity index (χ0v) is 14.8. The van der Waals surface area contributed by atoms with E-state index in [0.717, 1.165) is 19.3 Å². The summed E-state index contributed by atoms with van der Waals surface area (Å²) in [5, 5.41) is 27.2. The molecule has 0 amide bonds. The first-order valence-electron chi connectivity index (χ1n) is 8.42. The van der Waals surface area contributed by atoms with Crippen LogP contribution in [0.3, 0.4) is 0 Å². The number of allylic oxidation sites excluding steroid dienone is 3. The van der Waals surface area contributed by atoms with E-state index in [1.54, 1.807) is 18.2 Å². The Morgan fingerprint density at radius 2 is 1.65 bits per heavy atom. The lowest BCUT2D eigenvalue weighted by molar-refractivity contribution is 0.138. The van der Waals surface area contributed by atoms with Gasteiger partial charge in [-0.1, -0.05) is 35.7 Å². The van der Waals surface area contributed by atoms with Crippen molar-refractivity contribution in [2.75, 3.05) is 6.61 Å². The van der Waals surface area contributed by atoms with Crippen molar-refractivity contribution in [1.29, 1.82) is 0 Å². The summed E-state index contributed by atoms with van der Waals surface area (Å²) in [5.41, 5.74) is 0. The molecule has 0 aromatic heterocycles. The molecule has 0 radical (unpaired) electrons. The van der Waals surface area contributed by atoms with E-state index in [9.17, 15) is 5.11 Å². The number of hydrogen-bond acceptors (Lipinski definition) is 3. The van der Waals surface area contributed by atoms with Gasteiger partial charge in [0.15, 0.2) is 0 Å². The first-order chi connectivity index (χ1) is 12.7. The van der Waals surface area contributed by atoms with Gasteiger partial charge in [-0.15, -0.1) is 6.42 Å². The number of hydrogen-bond donors (Lipinski definition) is 3. The molecule has 0 fully saturated rings. The first kappa shape index (κ1) is 23.2. The SMILES string of the molecule is C#C/C=C\CCC[C@@H](O)/C=C/C#CC#CCCCC#CC#C[C@@H](O)CO. The van der Waals surface area contributed by atoms with Crippen LogP contribution < -0.4 is 0 Å². The number of unbranched alkanes of at least 4 members (excludes halogenated alkanes) is 3. The molecule has 0 aromatic rings. The number of aliphatic hydroxyl groups is 3. The van der Waals surface area contributed by atoms with E-state index < -0.39 is 12.2 Å². The van der Waals surface area contributed by atoms with Gasteiger partial charge in [-0.2, -0.15) is 0 Å². The summed E-state index contributed by atoms with van der Waals surface area (Å²) in [7, 11) is 0. The van der Waals surface area contributed by atoms with E-state index in [1.807, 2.05) is 6.08 Å². The predicted octanol–water partition coefficient (Wildman–Crippen LogP) is 1.80. The van der Waals surface area contributed by atoms with Gasteiger partial charge in [0.25, 0.3) is 0 Å². The lowest BCUT2D eigenvalue weighted by Crippen LogP contribution is -2.07. The Hall–Kier alpha value is -2.84. The van der Waals surface area contributed by atoms with Crippen LogP contribution in [0.25, 0.3) is 0 Å². The van der Waals surface area contributed by atoms with Crippen molar-refractivity contribution >= 4 is 0 Å². The Morgan fingerprint density at radius 3 is 2.35 bits per heavy atom. The molecule has 134 valence electrons. The van der Waals surface area contributed by atoms with Crippen LogP contribution in [-0.4, -0.2) is 34.1 Å². The summed E-state index contributed by atoms with van der Waals surface area (Å²) >= 11 is 0. The number of aliphatic hydroxyl groups excluding tert-OH is 3. The second-order valence-corrected chi connectivity index (χ2v) is 5.12. The van der Waals surface area contributed by atoms with Gasteiger partial charge in [0, 0.05) is 12.8 Å². The zero-order chi connectivity index (χ0) is 19.3. The molecule has 0 aliphatic rings. The lowest BCUT2D eigenvalue weighted by Gasteiger charge is -2.01. The van der Waals surface area contributed by atoms with E-state index in [-0.39, 0.29) is 6.61 Å². The third kappa shape index (κ3) is 17.5. The minimum Gasteiger partial charge on any atom is -0.393 e. The molecule has 0 bridgehead atoms. The average Bonchev–Trinajstić information content (AvgIpc) is 2.65. The van der Waals surface area contributed by atoms with Crippen molar-refractivity contribution in [3.8, 4) is 59.7 Å². The van der Waals surface area contributed by atoms with Crippen molar-refractivity contribution in [3.63, 3.8) is 0 Å². The van der Waals surface area contributed by atoms with Crippen molar-refractivity contribution in [1.82, 2.24) is 0 Å². The zero-order valence-electron chi connectivity index (χ0n) is 14.8. The van der Waals surface area contributed by atoms with Gasteiger partial charge < -0.3 is 15.3 Å². The Kier molecular flexibility index (Phi) is 16.5. The van der Waals surface area contributed by atoms with Crippen LogP contribution in [0.15, 0.2) is 24.3 Å². The third-order valence-corrected chi connectivity index (χ3v) is 2.88. The summed E-state index contributed by atoms with van der Waals surface area (Å²) in [6.07, 6.45) is 15.0. The summed E-state index contributed by atoms with van der Waals surface area (Å²) in [6, 6.07) is 0. The summed E-state index contributed by atoms with van der Waals surface area (Å²) in [4.78, 5) is 0. The lowest BCUT2D eigenvalue weighted by atomic mass is 10.1. The van der Waals surface area contributed by atoms with Crippen molar-refractivity contribution in [2.45, 2.75) is 50.7 Å². The molecule has 0 spiro atoms. The van der Waals surface area contributed by atoms with Gasteiger partial charge in [-0.05, 0) is 67.6 Å². The normalized spacial score (nSPS) is 11.6. The smallest absolute Gasteiger partial charge is 0.138 e. The van der Waals surface area contributed by atoms with Crippen LogP contribution in [0.5, 0.6) is 0 Å². The van der Waals surface area contributed by atoms with Gasteiger partial charge in [-0.25, -0.2) is 0 Å². The average molecular weight is 348 g/mol. The topological polar surface area (TPSA) is 60.7 Å². The van der Waals surface area contributed by atoms with Crippen LogP contribution in [0.4, 0.5) is 0 Å². The molecule has 26 heavy (non-hydrogen) atoms. The highest BCUT2D eigenvalue weighted by Gasteiger charge is 1.96. The molecule has 0 aliphatic heterocycles. The molecule has 3 nitrogen and oxygen atoms in total. The van der Waals surface area contributed by atoms with E-state index in [1.165, 1.54) is 0 Å². The predicted molar refractivity (Wildman–Crippen MR) is 105 cm³/mol. The Labute approximate surface area is 157 Å². The molecule has 0 rings (SSSR count). The number of rotatable bonds is 8. The molecule has 2 atom stereocenters. The highest BCUT2D eigenvalue weighted by atomic mass is 16.3. The number of terminal acetylenes is 1. The maximum absolute atomic E-state index is 9.71. The fourth-order valence-corrected chi connectivity index (χ4v) is 1.57. The molecule has 0 saturated heterocycles. The van der Waals surface area contributed by atoms with Crippen LogP contribution in [0, 0.1) is 59.7 Å². The maximum Gasteiger partial charge on any atom is 0.138 e. The molecule has 3 heteroatoms. The largest absolute Gasteiger partial charge is 0.393 e. The van der Waals surface area contributed by atoms with E-state index >= 15 is 0 Å². The first-order valence-corrected chi connectivity index (χ1v) is 8.42. The van der Waals surface area contributed by atoms with E-state index in [0.29, 0.717) is 19.3 Å². The minimum absolute atomic E-state index is 0.385. The fourth-order valence-electron chi connectivity index (χ4n) is 1.57. The highest BCUT2D eigenvalue weighted by Crippen LogP contribution is 2.02. The van der Waals surface area contributed by atoms with Crippen molar-refractivity contribution in [2.24, 2.45) is 0 Å². The Bertz CT molecular complexity index is 722. The van der Waals surface area contributed by atoms with Gasteiger partial charge in [-0.3, -0.25) is 0 Å². The Balaban J connectivity index is 3.85. The maximum atomic E-state index is 9.71. The highest BCUT2D eigenvalue weighted by molar-refractivity contribution is 5.31. The van der Waals surface area contributed by atoms with Crippen LogP contribution in [0.1, 0.15) is 38.5 Å². The van der Waals surface area contributed by atoms with Crippen molar-refractivity contribution < 1.29 is 15.3 Å². The third-order valence-electron chi connectivity index (χ3n) is 2.88. The monoisotopic (exact) mass is 348 g/mol. The Morgan fingerprint density at radius 1 is 0.923 bits per heavy atom. The molecule has 0 unspecified atom stereocenters. The second-order valence-electron chi connectivity index (χ2n) is 5.12. The second kappa shape index (κ2) is 18.5. The molecule has 3 N–H and O–H groups in total. The van der Waals surface area contributed by atoms with Crippen LogP contribution in [0.2, 0.25) is 0 Å². The van der Waals surface area contributed by atoms with Gasteiger partial charge >= 0.3 is 0 Å². The molecule has 0 saturated carbocycles. The molecule has 0 heterocycles. The molecular formula is C23H24O3. The van der Waals surface area contributed by atoms with E-state index in [4.69, 9.17) is 16.6 Å². The van der Waals surface area contributed by atoms with Gasteiger partial charge in [0.2, 0.25) is 0 Å². The standard InChI is InChI=1S/C23H24O3/c1-2-3-4-12-15-18-22(25)19-16-13-10-8-6-5-7-9-11-14-17-20-23(26)21-24/h1,3-4,16,19,22-26H,5,7,9,12,15,18,21H2/b4-3-,19-16+/t22-,23-/m1/s1. The fraction of sp³-hybridized carbons (Fsp3) is 0.391. The molecule has 0 aromatic carbocycles.